The summed E-state index contributed by atoms with van der Waals surface area (Å²) in [4.78, 5) is 24.8. The number of carboxylic acid groups (broad SMARTS) is 1. The molecule has 0 saturated heterocycles. The van der Waals surface area contributed by atoms with Crippen LogP contribution in [-0.2, 0) is 10.2 Å². The molecule has 1 aliphatic carbocycles. The van der Waals surface area contributed by atoms with Crippen molar-refractivity contribution < 1.29 is 14.7 Å². The molecule has 152 valence electrons. The van der Waals surface area contributed by atoms with Gasteiger partial charge in [0.15, 0.2) is 5.78 Å². The lowest BCUT2D eigenvalue weighted by Crippen LogP contribution is -2.20. The third kappa shape index (κ3) is 3.36. The van der Waals surface area contributed by atoms with Crippen molar-refractivity contribution in [2.45, 2.75) is 18.3 Å². The number of benzene rings is 3. The number of aliphatic carboxylic acids is 1. The second-order valence-electron chi connectivity index (χ2n) is 7.97. The van der Waals surface area contributed by atoms with Gasteiger partial charge in [-0.2, -0.15) is 0 Å². The second kappa shape index (κ2) is 7.40. The molecular formula is C27H21NO3. The van der Waals surface area contributed by atoms with Gasteiger partial charge in [0.25, 0.3) is 0 Å². The molecule has 0 spiro atoms. The fraction of sp³-hybridized carbons (Fsp3) is 0.111. The van der Waals surface area contributed by atoms with Crippen LogP contribution in [-0.4, -0.2) is 21.4 Å². The fourth-order valence-corrected chi connectivity index (χ4v) is 4.29. The lowest BCUT2D eigenvalue weighted by atomic mass is 9.87. The first-order valence-corrected chi connectivity index (χ1v) is 10.3. The molecule has 1 aromatic heterocycles. The van der Waals surface area contributed by atoms with Crippen molar-refractivity contribution in [3.05, 3.63) is 108 Å². The lowest BCUT2D eigenvalue weighted by Gasteiger charge is -2.14. The van der Waals surface area contributed by atoms with Crippen LogP contribution in [0.3, 0.4) is 0 Å². The van der Waals surface area contributed by atoms with Crippen LogP contribution in [0.5, 0.6) is 0 Å². The average molecular weight is 407 g/mol. The maximum absolute atomic E-state index is 13.8. The first kappa shape index (κ1) is 19.1. The molecular weight excluding hydrogens is 386 g/mol. The van der Waals surface area contributed by atoms with Crippen molar-refractivity contribution in [1.29, 1.82) is 0 Å². The normalized spacial score (nSPS) is 14.7. The summed E-state index contributed by atoms with van der Waals surface area (Å²) in [6.45, 7) is 0. The summed E-state index contributed by atoms with van der Waals surface area (Å²) < 4.78 is 2.04. The standard InChI is InChI=1S/C27H21NO3/c29-25(30)14-12-19-11-13-24-22(17-19)23(18-28(24)21-9-5-2-6-10-21)26(31)27(15-16-27)20-7-3-1-4-8-20/h1-14,17-18H,15-16H2,(H,29,30). The number of hydrogen-bond donors (Lipinski definition) is 1. The monoisotopic (exact) mass is 407 g/mol. The number of para-hydroxylation sites is 1. The Bertz CT molecular complexity index is 1310. The molecule has 0 aliphatic heterocycles. The molecule has 3 aromatic carbocycles. The zero-order chi connectivity index (χ0) is 21.4. The van der Waals surface area contributed by atoms with Gasteiger partial charge in [0.2, 0.25) is 0 Å². The highest BCUT2D eigenvalue weighted by Crippen LogP contribution is 2.51. The summed E-state index contributed by atoms with van der Waals surface area (Å²) in [5.74, 6) is -0.878. The number of carbonyl (C=O) groups is 2. The van der Waals surface area contributed by atoms with Gasteiger partial charge in [-0.15, -0.1) is 0 Å². The molecule has 1 aliphatic rings. The van der Waals surface area contributed by atoms with Crippen molar-refractivity contribution in [2.75, 3.05) is 0 Å². The number of hydrogen-bond acceptors (Lipinski definition) is 2. The SMILES string of the molecule is O=C(O)C=Cc1ccc2c(c1)c(C(=O)C1(c3ccccc3)CC1)cn2-c1ccccc1. The Balaban J connectivity index is 1.68. The Hall–Kier alpha value is -3.92. The molecule has 0 unspecified atom stereocenters. The van der Waals surface area contributed by atoms with E-state index < -0.39 is 11.4 Å². The molecule has 0 radical (unpaired) electrons. The fourth-order valence-electron chi connectivity index (χ4n) is 4.29. The van der Waals surface area contributed by atoms with Gasteiger partial charge in [0.1, 0.15) is 0 Å². The number of nitrogens with zero attached hydrogens (tertiary/aromatic N) is 1. The predicted molar refractivity (Wildman–Crippen MR) is 122 cm³/mol. The summed E-state index contributed by atoms with van der Waals surface area (Å²) in [6, 6.07) is 25.6. The molecule has 4 aromatic rings. The van der Waals surface area contributed by atoms with E-state index in [1.165, 1.54) is 0 Å². The van der Waals surface area contributed by atoms with Crippen molar-refractivity contribution in [3.63, 3.8) is 0 Å². The van der Waals surface area contributed by atoms with Gasteiger partial charge < -0.3 is 9.67 Å². The Morgan fingerprint density at radius 1 is 0.903 bits per heavy atom. The Kier molecular flexibility index (Phi) is 4.55. The van der Waals surface area contributed by atoms with Gasteiger partial charge in [-0.3, -0.25) is 4.79 Å². The van der Waals surface area contributed by atoms with E-state index in [1.54, 1.807) is 6.08 Å². The summed E-state index contributed by atoms with van der Waals surface area (Å²) in [7, 11) is 0. The number of ketones is 1. The van der Waals surface area contributed by atoms with Crippen LogP contribution in [0.1, 0.15) is 34.3 Å². The van der Waals surface area contributed by atoms with E-state index in [9.17, 15) is 9.59 Å². The van der Waals surface area contributed by atoms with Crippen LogP contribution in [0.2, 0.25) is 0 Å². The summed E-state index contributed by atoms with van der Waals surface area (Å²) >= 11 is 0. The first-order valence-electron chi connectivity index (χ1n) is 10.3. The minimum absolute atomic E-state index is 0.123. The summed E-state index contributed by atoms with van der Waals surface area (Å²) in [5, 5.41) is 9.82. The van der Waals surface area contributed by atoms with Gasteiger partial charge in [-0.1, -0.05) is 54.6 Å². The molecule has 0 atom stereocenters. The third-order valence-electron chi connectivity index (χ3n) is 6.04. The van der Waals surface area contributed by atoms with Crippen LogP contribution in [0.4, 0.5) is 0 Å². The zero-order valence-corrected chi connectivity index (χ0v) is 16.9. The molecule has 4 nitrogen and oxygen atoms in total. The maximum atomic E-state index is 13.8. The van der Waals surface area contributed by atoms with E-state index in [4.69, 9.17) is 5.11 Å². The number of Topliss-reactive ketones (excluding diaryl/α,β-unsaturated/α-hetero) is 1. The molecule has 1 saturated carbocycles. The number of rotatable bonds is 6. The van der Waals surface area contributed by atoms with Crippen molar-refractivity contribution in [2.24, 2.45) is 0 Å². The average Bonchev–Trinajstić information content (AvgIpc) is 3.54. The van der Waals surface area contributed by atoms with Crippen molar-refractivity contribution in [3.8, 4) is 5.69 Å². The lowest BCUT2D eigenvalue weighted by molar-refractivity contribution is -0.131. The smallest absolute Gasteiger partial charge is 0.328 e. The van der Waals surface area contributed by atoms with Crippen LogP contribution in [0.15, 0.2) is 91.1 Å². The molecule has 5 rings (SSSR count). The van der Waals surface area contributed by atoms with Crippen LogP contribution in [0.25, 0.3) is 22.7 Å². The van der Waals surface area contributed by atoms with E-state index >= 15 is 0 Å². The van der Waals surface area contributed by atoms with E-state index in [0.717, 1.165) is 46.6 Å². The number of aromatic nitrogens is 1. The number of carboxylic acids is 1. The second-order valence-corrected chi connectivity index (χ2v) is 7.97. The van der Waals surface area contributed by atoms with Crippen LogP contribution < -0.4 is 0 Å². The molecule has 1 fully saturated rings. The topological polar surface area (TPSA) is 59.3 Å². The van der Waals surface area contributed by atoms with Crippen LogP contribution in [0, 0.1) is 0 Å². The predicted octanol–water partition coefficient (Wildman–Crippen LogP) is 5.64. The van der Waals surface area contributed by atoms with Crippen molar-refractivity contribution >= 4 is 28.7 Å². The number of carbonyl (C=O) groups excluding carboxylic acids is 1. The molecule has 0 amide bonds. The van der Waals surface area contributed by atoms with E-state index in [0.29, 0.717) is 5.56 Å². The Morgan fingerprint density at radius 2 is 1.58 bits per heavy atom. The van der Waals surface area contributed by atoms with Crippen LogP contribution >= 0.6 is 0 Å². The van der Waals surface area contributed by atoms with E-state index in [-0.39, 0.29) is 5.78 Å². The minimum atomic E-state index is -1.00. The number of fused-ring (bicyclic) bond motifs is 1. The Morgan fingerprint density at radius 3 is 2.23 bits per heavy atom. The van der Waals surface area contributed by atoms with E-state index in [1.807, 2.05) is 89.6 Å². The van der Waals surface area contributed by atoms with E-state index in [2.05, 4.69) is 0 Å². The van der Waals surface area contributed by atoms with Gasteiger partial charge in [-0.05, 0) is 54.3 Å². The molecule has 4 heteroatoms. The summed E-state index contributed by atoms with van der Waals surface area (Å²) in [6.07, 6.45) is 6.28. The highest BCUT2D eigenvalue weighted by Gasteiger charge is 2.51. The first-order chi connectivity index (χ1) is 15.1. The quantitative estimate of drug-likeness (QED) is 0.332. The Labute approximate surface area is 180 Å². The zero-order valence-electron chi connectivity index (χ0n) is 16.9. The molecule has 0 bridgehead atoms. The highest BCUT2D eigenvalue weighted by atomic mass is 16.4. The highest BCUT2D eigenvalue weighted by molar-refractivity contribution is 6.15. The molecule has 31 heavy (non-hydrogen) atoms. The summed E-state index contributed by atoms with van der Waals surface area (Å²) in [5.41, 5.74) is 3.91. The van der Waals surface area contributed by atoms with Gasteiger partial charge >= 0.3 is 5.97 Å². The molecule has 1 heterocycles. The largest absolute Gasteiger partial charge is 0.478 e. The van der Waals surface area contributed by atoms with Gasteiger partial charge in [-0.25, -0.2) is 4.79 Å². The third-order valence-corrected chi connectivity index (χ3v) is 6.04. The van der Waals surface area contributed by atoms with Gasteiger partial charge in [0.05, 0.1) is 10.9 Å². The van der Waals surface area contributed by atoms with Crippen molar-refractivity contribution in [1.82, 2.24) is 4.57 Å². The maximum Gasteiger partial charge on any atom is 0.328 e. The molecule has 1 N–H and O–H groups in total. The minimum Gasteiger partial charge on any atom is -0.478 e. The van der Waals surface area contributed by atoms with Gasteiger partial charge in [0, 0.05) is 28.9 Å².